The summed E-state index contributed by atoms with van der Waals surface area (Å²) < 4.78 is 0. The summed E-state index contributed by atoms with van der Waals surface area (Å²) in [6.45, 7) is 3.01. The van der Waals surface area contributed by atoms with Gasteiger partial charge >= 0.3 is 6.03 Å². The van der Waals surface area contributed by atoms with E-state index in [1.807, 2.05) is 55.5 Å². The summed E-state index contributed by atoms with van der Waals surface area (Å²) in [5, 5.41) is 6.32. The van der Waals surface area contributed by atoms with E-state index >= 15 is 0 Å². The molecular weight excluding hydrogens is 272 g/mol. The summed E-state index contributed by atoms with van der Waals surface area (Å²) in [4.78, 5) is 11.7. The molecule has 0 aromatic heterocycles. The molecule has 2 N–H and O–H groups in total. The summed E-state index contributed by atoms with van der Waals surface area (Å²) in [5.74, 6) is 0. The van der Waals surface area contributed by atoms with E-state index in [9.17, 15) is 4.79 Å². The molecule has 0 radical (unpaired) electrons. The second kappa shape index (κ2) is 6.96. The van der Waals surface area contributed by atoms with Crippen LogP contribution in [0.15, 0.2) is 48.5 Å². The van der Waals surface area contributed by atoms with E-state index in [1.165, 1.54) is 5.56 Å². The minimum atomic E-state index is -0.187. The lowest BCUT2D eigenvalue weighted by atomic mass is 10.1. The zero-order chi connectivity index (χ0) is 14.4. The van der Waals surface area contributed by atoms with Crippen LogP contribution in [0.5, 0.6) is 0 Å². The van der Waals surface area contributed by atoms with E-state index in [4.69, 9.17) is 11.6 Å². The maximum Gasteiger partial charge on any atom is 0.315 e. The largest absolute Gasteiger partial charge is 0.334 e. The van der Waals surface area contributed by atoms with Gasteiger partial charge in [-0.2, -0.15) is 0 Å². The van der Waals surface area contributed by atoms with E-state index in [0.717, 1.165) is 11.1 Å². The highest BCUT2D eigenvalue weighted by atomic mass is 35.5. The van der Waals surface area contributed by atoms with Gasteiger partial charge in [-0.15, -0.1) is 0 Å². The zero-order valence-corrected chi connectivity index (χ0v) is 12.1. The van der Waals surface area contributed by atoms with E-state index in [1.54, 1.807) is 0 Å². The van der Waals surface area contributed by atoms with Gasteiger partial charge in [-0.1, -0.05) is 48.0 Å². The third-order valence-corrected chi connectivity index (χ3v) is 3.28. The number of hydrogen-bond donors (Lipinski definition) is 2. The fourth-order valence-electron chi connectivity index (χ4n) is 1.88. The molecule has 2 rings (SSSR count). The zero-order valence-electron chi connectivity index (χ0n) is 11.3. The molecule has 0 atom stereocenters. The Kier molecular flexibility index (Phi) is 5.02. The first kappa shape index (κ1) is 14.4. The number of halogens is 1. The lowest BCUT2D eigenvalue weighted by Gasteiger charge is -2.09. The number of nitrogens with one attached hydrogen (secondary N) is 2. The fourth-order valence-corrected chi connectivity index (χ4v) is 2.09. The Morgan fingerprint density at radius 1 is 1.05 bits per heavy atom. The molecule has 0 unspecified atom stereocenters. The predicted octanol–water partition coefficient (Wildman–Crippen LogP) is 3.65. The number of carbonyl (C=O) groups excluding carboxylic acids is 1. The van der Waals surface area contributed by atoms with Crippen LogP contribution in [0, 0.1) is 6.92 Å². The van der Waals surface area contributed by atoms with E-state index in [-0.39, 0.29) is 6.03 Å². The van der Waals surface area contributed by atoms with Gasteiger partial charge in [0.05, 0.1) is 0 Å². The van der Waals surface area contributed by atoms with Gasteiger partial charge in [-0.3, -0.25) is 0 Å². The van der Waals surface area contributed by atoms with Gasteiger partial charge in [-0.05, 0) is 35.7 Å². The number of aryl methyl sites for hydroxylation is 1. The SMILES string of the molecule is Cc1ccccc1CNC(=O)NCc1cccc(Cl)c1. The topological polar surface area (TPSA) is 41.1 Å². The lowest BCUT2D eigenvalue weighted by molar-refractivity contribution is 0.240. The highest BCUT2D eigenvalue weighted by molar-refractivity contribution is 6.30. The van der Waals surface area contributed by atoms with Crippen molar-refractivity contribution in [2.75, 3.05) is 0 Å². The Hall–Kier alpha value is -2.00. The number of urea groups is 1. The van der Waals surface area contributed by atoms with Gasteiger partial charge < -0.3 is 10.6 Å². The molecule has 104 valence electrons. The Morgan fingerprint density at radius 3 is 2.55 bits per heavy atom. The molecule has 0 fully saturated rings. The average Bonchev–Trinajstić information content (AvgIpc) is 2.44. The number of rotatable bonds is 4. The molecule has 2 aromatic carbocycles. The van der Waals surface area contributed by atoms with Crippen LogP contribution in [0.25, 0.3) is 0 Å². The van der Waals surface area contributed by atoms with Gasteiger partial charge in [-0.25, -0.2) is 4.79 Å². The van der Waals surface area contributed by atoms with Crippen LogP contribution in [0.2, 0.25) is 5.02 Å². The van der Waals surface area contributed by atoms with E-state index in [2.05, 4.69) is 10.6 Å². The maximum atomic E-state index is 11.7. The van der Waals surface area contributed by atoms with Crippen molar-refractivity contribution in [3.63, 3.8) is 0 Å². The molecule has 0 spiro atoms. The number of amides is 2. The van der Waals surface area contributed by atoms with E-state index in [0.29, 0.717) is 18.1 Å². The predicted molar refractivity (Wildman–Crippen MR) is 81.7 cm³/mol. The van der Waals surface area contributed by atoms with Gasteiger partial charge in [0, 0.05) is 18.1 Å². The van der Waals surface area contributed by atoms with Crippen LogP contribution in [0.3, 0.4) is 0 Å². The number of carbonyl (C=O) groups is 1. The van der Waals surface area contributed by atoms with Crippen LogP contribution in [0.4, 0.5) is 4.79 Å². The third kappa shape index (κ3) is 4.28. The first-order chi connectivity index (χ1) is 9.65. The molecular formula is C16H17ClN2O. The molecule has 0 heterocycles. The molecule has 0 saturated carbocycles. The smallest absolute Gasteiger partial charge is 0.315 e. The van der Waals surface area contributed by atoms with Crippen molar-refractivity contribution < 1.29 is 4.79 Å². The second-order valence-electron chi connectivity index (χ2n) is 4.59. The van der Waals surface area contributed by atoms with Crippen molar-refractivity contribution in [3.8, 4) is 0 Å². The quantitative estimate of drug-likeness (QED) is 0.886. The Bertz CT molecular complexity index is 599. The molecule has 2 amide bonds. The monoisotopic (exact) mass is 288 g/mol. The van der Waals surface area contributed by atoms with Crippen LogP contribution >= 0.6 is 11.6 Å². The third-order valence-electron chi connectivity index (χ3n) is 3.04. The maximum absolute atomic E-state index is 11.7. The molecule has 0 aliphatic carbocycles. The van der Waals surface area contributed by atoms with Crippen molar-refractivity contribution in [1.82, 2.24) is 10.6 Å². The average molecular weight is 289 g/mol. The molecule has 0 saturated heterocycles. The molecule has 0 bridgehead atoms. The van der Waals surface area contributed by atoms with Gasteiger partial charge in [0.15, 0.2) is 0 Å². The Labute approximate surface area is 124 Å². The number of hydrogen-bond acceptors (Lipinski definition) is 1. The van der Waals surface area contributed by atoms with Gasteiger partial charge in [0.2, 0.25) is 0 Å². The number of benzene rings is 2. The van der Waals surface area contributed by atoms with Gasteiger partial charge in [0.25, 0.3) is 0 Å². The van der Waals surface area contributed by atoms with Crippen molar-refractivity contribution in [2.24, 2.45) is 0 Å². The summed E-state index contributed by atoms with van der Waals surface area (Å²) in [5.41, 5.74) is 3.26. The van der Waals surface area contributed by atoms with Gasteiger partial charge in [0.1, 0.15) is 0 Å². The Morgan fingerprint density at radius 2 is 1.80 bits per heavy atom. The molecule has 4 heteroatoms. The second-order valence-corrected chi connectivity index (χ2v) is 5.03. The van der Waals surface area contributed by atoms with Crippen LogP contribution in [-0.4, -0.2) is 6.03 Å². The summed E-state index contributed by atoms with van der Waals surface area (Å²) in [6, 6.07) is 15.2. The van der Waals surface area contributed by atoms with Crippen LogP contribution in [-0.2, 0) is 13.1 Å². The minimum Gasteiger partial charge on any atom is -0.334 e. The van der Waals surface area contributed by atoms with Crippen molar-refractivity contribution in [1.29, 1.82) is 0 Å². The molecule has 20 heavy (non-hydrogen) atoms. The standard InChI is InChI=1S/C16H17ClN2O/c1-12-5-2-3-7-14(12)11-19-16(20)18-10-13-6-4-8-15(17)9-13/h2-9H,10-11H2,1H3,(H2,18,19,20). The fraction of sp³-hybridized carbons (Fsp3) is 0.188. The molecule has 0 aliphatic heterocycles. The van der Waals surface area contributed by atoms with Crippen LogP contribution < -0.4 is 10.6 Å². The first-order valence-electron chi connectivity index (χ1n) is 6.46. The van der Waals surface area contributed by atoms with E-state index < -0.39 is 0 Å². The summed E-state index contributed by atoms with van der Waals surface area (Å²) in [7, 11) is 0. The highest BCUT2D eigenvalue weighted by Crippen LogP contribution is 2.10. The molecule has 2 aromatic rings. The van der Waals surface area contributed by atoms with Crippen molar-refractivity contribution in [2.45, 2.75) is 20.0 Å². The summed E-state index contributed by atoms with van der Waals surface area (Å²) in [6.07, 6.45) is 0. The molecule has 0 aliphatic rings. The van der Waals surface area contributed by atoms with Crippen LogP contribution in [0.1, 0.15) is 16.7 Å². The molecule has 3 nitrogen and oxygen atoms in total. The normalized spacial score (nSPS) is 10.1. The summed E-state index contributed by atoms with van der Waals surface area (Å²) >= 11 is 5.89. The Balaban J connectivity index is 1.80. The lowest BCUT2D eigenvalue weighted by Crippen LogP contribution is -2.34. The van der Waals surface area contributed by atoms with Crippen molar-refractivity contribution in [3.05, 3.63) is 70.2 Å². The minimum absolute atomic E-state index is 0.187. The highest BCUT2D eigenvalue weighted by Gasteiger charge is 2.02. The van der Waals surface area contributed by atoms with Crippen molar-refractivity contribution >= 4 is 17.6 Å². The first-order valence-corrected chi connectivity index (χ1v) is 6.83.